The molecule has 0 bridgehead atoms. The lowest BCUT2D eigenvalue weighted by Gasteiger charge is -2.06. The van der Waals surface area contributed by atoms with Gasteiger partial charge in [-0.05, 0) is 25.1 Å². The van der Waals surface area contributed by atoms with Crippen LogP contribution in [0.15, 0.2) is 36.5 Å². The average Bonchev–Trinajstić information content (AvgIpc) is 2.48. The van der Waals surface area contributed by atoms with Gasteiger partial charge in [-0.25, -0.2) is 4.79 Å². The van der Waals surface area contributed by atoms with E-state index in [1.807, 2.05) is 0 Å². The SMILES string of the molecule is Cc1ncc(COC(=O)c2ccc([N+](=O)[O-])cc2)cc1O.Cl. The third-order valence-electron chi connectivity index (χ3n) is 2.80. The number of nitro benzene ring substituents is 1. The van der Waals surface area contributed by atoms with Gasteiger partial charge in [-0.3, -0.25) is 15.1 Å². The number of aromatic nitrogens is 1. The Morgan fingerprint density at radius 3 is 2.55 bits per heavy atom. The molecule has 0 radical (unpaired) electrons. The molecular weight excluding hydrogens is 312 g/mol. The van der Waals surface area contributed by atoms with E-state index >= 15 is 0 Å². The van der Waals surface area contributed by atoms with Crippen LogP contribution >= 0.6 is 12.4 Å². The molecule has 0 saturated carbocycles. The van der Waals surface area contributed by atoms with Gasteiger partial charge in [-0.1, -0.05) is 0 Å². The molecule has 0 unspecified atom stereocenters. The Morgan fingerprint density at radius 2 is 2.00 bits per heavy atom. The van der Waals surface area contributed by atoms with Crippen molar-refractivity contribution in [2.75, 3.05) is 0 Å². The molecule has 1 aromatic heterocycles. The quantitative estimate of drug-likeness (QED) is 0.527. The molecule has 0 spiro atoms. The van der Waals surface area contributed by atoms with Gasteiger partial charge in [0.15, 0.2) is 0 Å². The largest absolute Gasteiger partial charge is 0.506 e. The zero-order valence-electron chi connectivity index (χ0n) is 11.6. The highest BCUT2D eigenvalue weighted by Crippen LogP contribution is 2.16. The molecule has 116 valence electrons. The number of esters is 1. The molecule has 0 fully saturated rings. The number of carbonyl (C=O) groups excluding carboxylic acids is 1. The summed E-state index contributed by atoms with van der Waals surface area (Å²) < 4.78 is 5.05. The van der Waals surface area contributed by atoms with Gasteiger partial charge in [0.1, 0.15) is 12.4 Å². The van der Waals surface area contributed by atoms with E-state index in [0.717, 1.165) is 0 Å². The van der Waals surface area contributed by atoms with Crippen molar-refractivity contribution in [2.45, 2.75) is 13.5 Å². The second-order valence-corrected chi connectivity index (χ2v) is 4.33. The van der Waals surface area contributed by atoms with Gasteiger partial charge in [-0.2, -0.15) is 0 Å². The minimum atomic E-state index is -0.607. The number of aryl methyl sites for hydroxylation is 1. The van der Waals surface area contributed by atoms with Gasteiger partial charge >= 0.3 is 5.97 Å². The Hall–Kier alpha value is -2.67. The number of halogens is 1. The highest BCUT2D eigenvalue weighted by atomic mass is 35.5. The van der Waals surface area contributed by atoms with Crippen molar-refractivity contribution < 1.29 is 19.6 Å². The number of rotatable bonds is 4. The third-order valence-corrected chi connectivity index (χ3v) is 2.80. The van der Waals surface area contributed by atoms with Crippen LogP contribution in [0.1, 0.15) is 21.6 Å². The standard InChI is InChI=1S/C14H12N2O5.ClH/c1-9-13(17)6-10(7-15-9)8-21-14(18)11-2-4-12(5-3-11)16(19)20;/h2-7,17H,8H2,1H3;1H. The number of hydrogen-bond acceptors (Lipinski definition) is 6. The number of hydrogen-bond donors (Lipinski definition) is 1. The van der Waals surface area contributed by atoms with E-state index in [9.17, 15) is 20.0 Å². The minimum Gasteiger partial charge on any atom is -0.506 e. The normalized spacial score (nSPS) is 9.68. The van der Waals surface area contributed by atoms with Gasteiger partial charge in [-0.15, -0.1) is 12.4 Å². The van der Waals surface area contributed by atoms with E-state index in [1.54, 1.807) is 6.92 Å². The van der Waals surface area contributed by atoms with Crippen molar-refractivity contribution in [3.63, 3.8) is 0 Å². The summed E-state index contributed by atoms with van der Waals surface area (Å²) in [5, 5.41) is 20.0. The van der Waals surface area contributed by atoms with Crippen LogP contribution in [0.2, 0.25) is 0 Å². The summed E-state index contributed by atoms with van der Waals surface area (Å²) in [6.45, 7) is 1.61. The van der Waals surface area contributed by atoms with E-state index in [-0.39, 0.29) is 36.0 Å². The van der Waals surface area contributed by atoms with Crippen LogP contribution in [-0.4, -0.2) is 21.0 Å². The lowest BCUT2D eigenvalue weighted by atomic mass is 10.2. The first kappa shape index (κ1) is 17.4. The van der Waals surface area contributed by atoms with E-state index in [2.05, 4.69) is 4.98 Å². The topological polar surface area (TPSA) is 103 Å². The number of ether oxygens (including phenoxy) is 1. The second kappa shape index (κ2) is 7.37. The second-order valence-electron chi connectivity index (χ2n) is 4.33. The van der Waals surface area contributed by atoms with Crippen LogP contribution in [0, 0.1) is 17.0 Å². The van der Waals surface area contributed by atoms with E-state index in [4.69, 9.17) is 4.74 Å². The Morgan fingerprint density at radius 1 is 1.36 bits per heavy atom. The zero-order valence-corrected chi connectivity index (χ0v) is 12.4. The lowest BCUT2D eigenvalue weighted by Crippen LogP contribution is -2.05. The summed E-state index contributed by atoms with van der Waals surface area (Å²) in [6, 6.07) is 6.58. The first-order chi connectivity index (χ1) is 9.97. The van der Waals surface area contributed by atoms with Gasteiger partial charge in [0.05, 0.1) is 16.2 Å². The first-order valence-electron chi connectivity index (χ1n) is 6.03. The zero-order chi connectivity index (χ0) is 15.4. The molecule has 1 heterocycles. The van der Waals surface area contributed by atoms with Crippen LogP contribution in [0.5, 0.6) is 5.75 Å². The van der Waals surface area contributed by atoms with Crippen molar-refractivity contribution in [1.29, 1.82) is 0 Å². The highest BCUT2D eigenvalue weighted by molar-refractivity contribution is 5.89. The Bertz CT molecular complexity index is 688. The van der Waals surface area contributed by atoms with Gasteiger partial charge in [0, 0.05) is 23.9 Å². The van der Waals surface area contributed by atoms with Crippen LogP contribution in [0.25, 0.3) is 0 Å². The molecule has 1 N–H and O–H groups in total. The summed E-state index contributed by atoms with van der Waals surface area (Å²) >= 11 is 0. The average molecular weight is 325 g/mol. The fraction of sp³-hybridized carbons (Fsp3) is 0.143. The third kappa shape index (κ3) is 4.16. The highest BCUT2D eigenvalue weighted by Gasteiger charge is 2.11. The first-order valence-corrected chi connectivity index (χ1v) is 6.03. The van der Waals surface area contributed by atoms with Crippen molar-refractivity contribution >= 4 is 24.1 Å². The fourth-order valence-corrected chi connectivity index (χ4v) is 1.59. The Labute approximate surface area is 132 Å². The number of non-ortho nitro benzene ring substituents is 1. The number of carbonyl (C=O) groups is 1. The Balaban J connectivity index is 0.00000242. The molecule has 1 aromatic carbocycles. The Kier molecular flexibility index (Phi) is 5.82. The molecule has 0 aliphatic rings. The summed E-state index contributed by atoms with van der Waals surface area (Å²) in [6.07, 6.45) is 1.50. The molecule has 8 heteroatoms. The molecule has 2 aromatic rings. The molecular formula is C14H13ClN2O5. The van der Waals surface area contributed by atoms with Crippen molar-refractivity contribution in [1.82, 2.24) is 4.98 Å². The minimum absolute atomic E-state index is 0. The number of pyridine rings is 1. The predicted octanol–water partition coefficient (Wildman–Crippen LogP) is 2.78. The molecule has 0 aliphatic carbocycles. The molecule has 0 amide bonds. The van der Waals surface area contributed by atoms with Crippen molar-refractivity contribution in [3.05, 3.63) is 63.5 Å². The lowest BCUT2D eigenvalue weighted by molar-refractivity contribution is -0.384. The monoisotopic (exact) mass is 324 g/mol. The van der Waals surface area contributed by atoms with Gasteiger partial charge in [0.25, 0.3) is 5.69 Å². The number of nitrogens with zero attached hydrogens (tertiary/aromatic N) is 2. The predicted molar refractivity (Wildman–Crippen MR) is 80.1 cm³/mol. The molecule has 0 aliphatic heterocycles. The molecule has 22 heavy (non-hydrogen) atoms. The summed E-state index contributed by atoms with van der Waals surface area (Å²) in [4.78, 5) is 25.7. The molecule has 2 rings (SSSR count). The van der Waals surface area contributed by atoms with Crippen molar-refractivity contribution in [3.8, 4) is 5.75 Å². The van der Waals surface area contributed by atoms with E-state index in [1.165, 1.54) is 36.5 Å². The maximum Gasteiger partial charge on any atom is 0.338 e. The molecule has 0 atom stereocenters. The number of benzene rings is 1. The van der Waals surface area contributed by atoms with Crippen LogP contribution in [0.3, 0.4) is 0 Å². The number of nitro groups is 1. The summed E-state index contributed by atoms with van der Waals surface area (Å²) in [5.74, 6) is -0.580. The maximum absolute atomic E-state index is 11.8. The molecule has 7 nitrogen and oxygen atoms in total. The van der Waals surface area contributed by atoms with Gasteiger partial charge in [0.2, 0.25) is 0 Å². The van der Waals surface area contributed by atoms with Crippen molar-refractivity contribution in [2.24, 2.45) is 0 Å². The molecule has 0 saturated heterocycles. The maximum atomic E-state index is 11.8. The fourth-order valence-electron chi connectivity index (χ4n) is 1.59. The van der Waals surface area contributed by atoms with E-state index in [0.29, 0.717) is 11.3 Å². The van der Waals surface area contributed by atoms with Crippen LogP contribution < -0.4 is 0 Å². The van der Waals surface area contributed by atoms with Gasteiger partial charge < -0.3 is 9.84 Å². The summed E-state index contributed by atoms with van der Waals surface area (Å²) in [5.41, 5.74) is 1.15. The smallest absolute Gasteiger partial charge is 0.338 e. The van der Waals surface area contributed by atoms with Crippen LogP contribution in [-0.2, 0) is 11.3 Å². The number of aromatic hydroxyl groups is 1. The van der Waals surface area contributed by atoms with Crippen LogP contribution in [0.4, 0.5) is 5.69 Å². The van der Waals surface area contributed by atoms with E-state index < -0.39 is 10.9 Å². The summed E-state index contributed by atoms with van der Waals surface area (Å²) in [7, 11) is 0.